The topological polar surface area (TPSA) is 60.9 Å². The zero-order chi connectivity index (χ0) is 16.8. The molecule has 1 aromatic heterocycles. The van der Waals surface area contributed by atoms with Crippen molar-refractivity contribution in [3.8, 4) is 0 Å². The number of nitrogens with two attached hydrogens (primary N) is 1. The predicted octanol–water partition coefficient (Wildman–Crippen LogP) is 3.59. The van der Waals surface area contributed by atoms with Crippen LogP contribution in [0.5, 0.6) is 0 Å². The third kappa shape index (κ3) is 2.51. The summed E-state index contributed by atoms with van der Waals surface area (Å²) in [6.45, 7) is 0. The summed E-state index contributed by atoms with van der Waals surface area (Å²) in [6.07, 6.45) is 6.99. The van der Waals surface area contributed by atoms with E-state index in [1.165, 1.54) is 16.6 Å². The van der Waals surface area contributed by atoms with E-state index in [9.17, 15) is 4.79 Å². The highest BCUT2D eigenvalue weighted by Crippen LogP contribution is 2.54. The van der Waals surface area contributed by atoms with Crippen LogP contribution in [0.25, 0.3) is 0 Å². The third-order valence-electron chi connectivity index (χ3n) is 5.51. The van der Waals surface area contributed by atoms with Crippen molar-refractivity contribution in [3.63, 3.8) is 0 Å². The minimum Gasteiger partial charge on any atom is -0.369 e. The number of halogens is 1. The highest BCUT2D eigenvalue weighted by molar-refractivity contribution is 9.10. The van der Waals surface area contributed by atoms with Crippen LogP contribution in [0, 0.1) is 11.8 Å². The van der Waals surface area contributed by atoms with Gasteiger partial charge in [0.05, 0.1) is 5.69 Å². The van der Waals surface area contributed by atoms with Gasteiger partial charge in [0.15, 0.2) is 0 Å². The maximum absolute atomic E-state index is 12.2. The van der Waals surface area contributed by atoms with Crippen molar-refractivity contribution >= 4 is 21.9 Å². The molecule has 5 heteroatoms. The lowest BCUT2D eigenvalue weighted by Gasteiger charge is -2.45. The normalized spacial score (nSPS) is 28.2. The molecular formula is C19H20BrN3O. The van der Waals surface area contributed by atoms with Crippen LogP contribution in [0.4, 0.5) is 5.95 Å². The fourth-order valence-corrected chi connectivity index (χ4v) is 4.73. The SMILES string of the molecule is Cn1c(N)nc(C2C3C=CC(CC3)C2c2cccc(Br)c2)cc1=O. The Balaban J connectivity index is 1.85. The number of nitrogens with zero attached hydrogens (tertiary/aromatic N) is 2. The Morgan fingerprint density at radius 2 is 1.88 bits per heavy atom. The Bertz CT molecular complexity index is 873. The van der Waals surface area contributed by atoms with Crippen LogP contribution in [0.1, 0.15) is 35.9 Å². The highest BCUT2D eigenvalue weighted by atomic mass is 79.9. The Labute approximate surface area is 149 Å². The molecule has 3 aliphatic rings. The van der Waals surface area contributed by atoms with Gasteiger partial charge in [0.1, 0.15) is 0 Å². The van der Waals surface area contributed by atoms with E-state index in [1.54, 1.807) is 13.1 Å². The zero-order valence-corrected chi connectivity index (χ0v) is 15.1. The summed E-state index contributed by atoms with van der Waals surface area (Å²) in [5, 5.41) is 0. The summed E-state index contributed by atoms with van der Waals surface area (Å²) in [5.74, 6) is 1.74. The van der Waals surface area contributed by atoms with Crippen molar-refractivity contribution < 1.29 is 0 Å². The zero-order valence-electron chi connectivity index (χ0n) is 13.5. The number of fused-ring (bicyclic) bond motifs is 2. The van der Waals surface area contributed by atoms with Gasteiger partial charge in [-0.15, -0.1) is 0 Å². The van der Waals surface area contributed by atoms with Crippen LogP contribution in [0.15, 0.2) is 51.8 Å². The Kier molecular flexibility index (Phi) is 3.83. The number of nitrogen functional groups attached to an aromatic ring is 1. The Hall–Kier alpha value is -1.88. The van der Waals surface area contributed by atoms with Gasteiger partial charge in [-0.2, -0.15) is 0 Å². The number of hydrogen-bond donors (Lipinski definition) is 1. The van der Waals surface area contributed by atoms with E-state index >= 15 is 0 Å². The molecule has 24 heavy (non-hydrogen) atoms. The molecule has 0 saturated heterocycles. The summed E-state index contributed by atoms with van der Waals surface area (Å²) in [6, 6.07) is 10.2. The second kappa shape index (κ2) is 5.88. The van der Waals surface area contributed by atoms with E-state index in [-0.39, 0.29) is 17.4 Å². The molecule has 4 nitrogen and oxygen atoms in total. The smallest absolute Gasteiger partial charge is 0.254 e. The molecule has 4 unspecified atom stereocenters. The summed E-state index contributed by atoms with van der Waals surface area (Å²) in [5.41, 5.74) is 8.01. The molecule has 0 radical (unpaired) electrons. The summed E-state index contributed by atoms with van der Waals surface area (Å²) in [4.78, 5) is 16.8. The predicted molar refractivity (Wildman–Crippen MR) is 98.9 cm³/mol. The molecule has 1 aromatic carbocycles. The summed E-state index contributed by atoms with van der Waals surface area (Å²) >= 11 is 3.58. The minimum atomic E-state index is -0.0871. The van der Waals surface area contributed by atoms with Gasteiger partial charge in [-0.1, -0.05) is 40.2 Å². The average Bonchev–Trinajstić information content (AvgIpc) is 2.59. The fourth-order valence-electron chi connectivity index (χ4n) is 4.31. The van der Waals surface area contributed by atoms with E-state index in [0.29, 0.717) is 17.8 Å². The van der Waals surface area contributed by atoms with Crippen LogP contribution in [-0.4, -0.2) is 9.55 Å². The molecule has 4 atom stereocenters. The molecular weight excluding hydrogens is 366 g/mol. The number of aromatic nitrogens is 2. The van der Waals surface area contributed by atoms with Gasteiger partial charge in [0, 0.05) is 23.5 Å². The molecule has 1 heterocycles. The lowest BCUT2D eigenvalue weighted by molar-refractivity contribution is 0.236. The molecule has 1 fully saturated rings. The summed E-state index contributed by atoms with van der Waals surface area (Å²) in [7, 11) is 1.66. The second-order valence-corrected chi connectivity index (χ2v) is 7.75. The molecule has 3 aliphatic carbocycles. The van der Waals surface area contributed by atoms with Crippen molar-refractivity contribution in [2.24, 2.45) is 18.9 Å². The quantitative estimate of drug-likeness (QED) is 0.803. The van der Waals surface area contributed by atoms with E-state index in [2.05, 4.69) is 51.3 Å². The van der Waals surface area contributed by atoms with Gasteiger partial charge in [-0.25, -0.2) is 4.98 Å². The van der Waals surface area contributed by atoms with E-state index in [1.807, 2.05) is 6.07 Å². The molecule has 5 rings (SSSR count). The Morgan fingerprint density at radius 3 is 2.50 bits per heavy atom. The van der Waals surface area contributed by atoms with Crippen LogP contribution in [0.2, 0.25) is 0 Å². The van der Waals surface area contributed by atoms with Crippen LogP contribution < -0.4 is 11.3 Å². The monoisotopic (exact) mass is 385 g/mol. The maximum atomic E-state index is 12.2. The first-order valence-corrected chi connectivity index (χ1v) is 9.11. The largest absolute Gasteiger partial charge is 0.369 e. The first kappa shape index (κ1) is 15.6. The summed E-state index contributed by atoms with van der Waals surface area (Å²) < 4.78 is 2.48. The maximum Gasteiger partial charge on any atom is 0.254 e. The van der Waals surface area contributed by atoms with E-state index in [4.69, 9.17) is 5.73 Å². The van der Waals surface area contributed by atoms with Crippen molar-refractivity contribution in [1.29, 1.82) is 0 Å². The third-order valence-corrected chi connectivity index (χ3v) is 6.01. The van der Waals surface area contributed by atoms with E-state index in [0.717, 1.165) is 16.6 Å². The van der Waals surface area contributed by atoms with Crippen molar-refractivity contribution in [2.75, 3.05) is 5.73 Å². The molecule has 2 aromatic rings. The molecule has 2 N–H and O–H groups in total. The first-order chi connectivity index (χ1) is 11.5. The van der Waals surface area contributed by atoms with Gasteiger partial charge >= 0.3 is 0 Å². The van der Waals surface area contributed by atoms with Gasteiger partial charge in [0.25, 0.3) is 5.56 Å². The van der Waals surface area contributed by atoms with Gasteiger partial charge < -0.3 is 5.73 Å². The lowest BCUT2D eigenvalue weighted by Crippen LogP contribution is -2.35. The molecule has 0 amide bonds. The van der Waals surface area contributed by atoms with Gasteiger partial charge in [-0.05, 0) is 48.3 Å². The van der Waals surface area contributed by atoms with Crippen molar-refractivity contribution in [3.05, 3.63) is 68.6 Å². The minimum absolute atomic E-state index is 0.0871. The number of hydrogen-bond acceptors (Lipinski definition) is 3. The van der Waals surface area contributed by atoms with Crippen molar-refractivity contribution in [1.82, 2.24) is 9.55 Å². The van der Waals surface area contributed by atoms with Crippen molar-refractivity contribution in [2.45, 2.75) is 24.7 Å². The molecule has 1 saturated carbocycles. The van der Waals surface area contributed by atoms with Gasteiger partial charge in [-0.3, -0.25) is 9.36 Å². The number of anilines is 1. The first-order valence-electron chi connectivity index (χ1n) is 8.32. The number of benzene rings is 1. The molecule has 0 spiro atoms. The standard InChI is InChI=1S/C19H20BrN3O/c1-23-16(24)10-15(22-19(23)21)18-12-7-5-11(6-8-12)17(18)13-3-2-4-14(20)9-13/h2-5,7,9-12,17-18H,6,8H2,1H3,(H2,21,22). The molecule has 2 bridgehead atoms. The van der Waals surface area contributed by atoms with Gasteiger partial charge in [0.2, 0.25) is 5.95 Å². The van der Waals surface area contributed by atoms with E-state index < -0.39 is 0 Å². The van der Waals surface area contributed by atoms with Crippen LogP contribution in [0.3, 0.4) is 0 Å². The average molecular weight is 386 g/mol. The molecule has 0 aliphatic heterocycles. The lowest BCUT2D eigenvalue weighted by atomic mass is 9.59. The Morgan fingerprint density at radius 1 is 1.17 bits per heavy atom. The number of rotatable bonds is 2. The fraction of sp³-hybridized carbons (Fsp3) is 0.368. The molecule has 124 valence electrons. The van der Waals surface area contributed by atoms with Crippen LogP contribution in [-0.2, 0) is 7.05 Å². The van der Waals surface area contributed by atoms with Crippen LogP contribution >= 0.6 is 15.9 Å². The highest BCUT2D eigenvalue weighted by Gasteiger charge is 2.43. The number of allylic oxidation sites excluding steroid dienone is 2. The second-order valence-electron chi connectivity index (χ2n) is 6.83.